The molecule has 1 aromatic carbocycles. The van der Waals surface area contributed by atoms with Crippen LogP contribution in [0.15, 0.2) is 24.3 Å². The van der Waals surface area contributed by atoms with Gasteiger partial charge in [-0.2, -0.15) is 13.2 Å². The molecule has 4 nitrogen and oxygen atoms in total. The molecule has 132 valence electrons. The van der Waals surface area contributed by atoms with Gasteiger partial charge in [0.2, 0.25) is 0 Å². The number of hydrogen-bond acceptors (Lipinski definition) is 2. The highest BCUT2D eigenvalue weighted by molar-refractivity contribution is 5.76. The molecule has 2 heterocycles. The topological polar surface area (TPSA) is 26.8 Å². The number of nitrogens with zero attached hydrogens (tertiary/aromatic N) is 3. The number of piperidine rings is 1. The maximum Gasteiger partial charge on any atom is 0.416 e. The molecule has 24 heavy (non-hydrogen) atoms. The van der Waals surface area contributed by atoms with Crippen LogP contribution in [0.1, 0.15) is 24.0 Å². The lowest BCUT2D eigenvalue weighted by Gasteiger charge is -2.36. The zero-order valence-corrected chi connectivity index (χ0v) is 13.7. The third-order valence-electron chi connectivity index (χ3n) is 4.96. The van der Waals surface area contributed by atoms with Gasteiger partial charge in [0, 0.05) is 45.8 Å². The normalized spacial score (nSPS) is 20.9. The lowest BCUT2D eigenvalue weighted by molar-refractivity contribution is -0.138. The molecule has 3 rings (SSSR count). The van der Waals surface area contributed by atoms with Crippen molar-refractivity contribution in [3.63, 3.8) is 0 Å². The zero-order chi connectivity index (χ0) is 17.3. The van der Waals surface area contributed by atoms with E-state index in [2.05, 4.69) is 0 Å². The molecule has 0 atom stereocenters. The maximum absolute atomic E-state index is 13.1. The number of likely N-dealkylation sites (N-methyl/N-ethyl adjacent to an activating group) is 1. The van der Waals surface area contributed by atoms with Gasteiger partial charge in [0.15, 0.2) is 0 Å². The van der Waals surface area contributed by atoms with E-state index in [-0.39, 0.29) is 12.1 Å². The van der Waals surface area contributed by atoms with Crippen LogP contribution in [-0.2, 0) is 12.7 Å². The molecule has 2 saturated heterocycles. The van der Waals surface area contributed by atoms with Crippen molar-refractivity contribution >= 4 is 6.03 Å². The highest BCUT2D eigenvalue weighted by Crippen LogP contribution is 2.33. The Morgan fingerprint density at radius 3 is 2.33 bits per heavy atom. The molecule has 0 radical (unpaired) electrons. The first kappa shape index (κ1) is 17.1. The van der Waals surface area contributed by atoms with Gasteiger partial charge >= 0.3 is 12.2 Å². The second-order valence-corrected chi connectivity index (χ2v) is 6.56. The van der Waals surface area contributed by atoms with Crippen LogP contribution >= 0.6 is 0 Å². The minimum Gasteiger partial charge on any atom is -0.326 e. The van der Waals surface area contributed by atoms with Crippen LogP contribution in [0.5, 0.6) is 0 Å². The number of likely N-dealkylation sites (tertiary alicyclic amines) is 1. The Kier molecular flexibility index (Phi) is 4.71. The number of urea groups is 1. The summed E-state index contributed by atoms with van der Waals surface area (Å²) in [6.07, 6.45) is -2.69. The summed E-state index contributed by atoms with van der Waals surface area (Å²) in [6, 6.07) is 6.03. The highest BCUT2D eigenvalue weighted by atomic mass is 19.4. The average molecular weight is 341 g/mol. The van der Waals surface area contributed by atoms with E-state index in [1.54, 1.807) is 24.1 Å². The van der Waals surface area contributed by atoms with Crippen LogP contribution in [0.3, 0.4) is 0 Å². The molecular weight excluding hydrogens is 319 g/mol. The van der Waals surface area contributed by atoms with E-state index in [0.29, 0.717) is 25.2 Å². The van der Waals surface area contributed by atoms with Crippen molar-refractivity contribution in [2.45, 2.75) is 31.6 Å². The third kappa shape index (κ3) is 3.50. The fourth-order valence-electron chi connectivity index (χ4n) is 3.57. The summed E-state index contributed by atoms with van der Waals surface area (Å²) < 4.78 is 39.2. The standard InChI is InChI=1S/C17H22F3N3O/c1-21-10-11-23(16(21)24)14-6-8-22(9-7-14)12-13-4-2-3-5-15(13)17(18,19)20/h2-5,14H,6-12H2,1H3. The van der Waals surface area contributed by atoms with Crippen molar-refractivity contribution in [3.8, 4) is 0 Å². The summed E-state index contributed by atoms with van der Waals surface area (Å²) in [5.41, 5.74) is -0.232. The van der Waals surface area contributed by atoms with Gasteiger partial charge in [-0.05, 0) is 24.5 Å². The van der Waals surface area contributed by atoms with Gasteiger partial charge in [-0.15, -0.1) is 0 Å². The van der Waals surface area contributed by atoms with Gasteiger partial charge < -0.3 is 9.80 Å². The van der Waals surface area contributed by atoms with E-state index in [1.165, 1.54) is 6.07 Å². The highest BCUT2D eigenvalue weighted by Gasteiger charge is 2.35. The van der Waals surface area contributed by atoms with Crippen molar-refractivity contribution < 1.29 is 18.0 Å². The molecule has 7 heteroatoms. The lowest BCUT2D eigenvalue weighted by atomic mass is 10.0. The number of amides is 2. The lowest BCUT2D eigenvalue weighted by Crippen LogP contribution is -2.46. The monoisotopic (exact) mass is 341 g/mol. The Bertz CT molecular complexity index is 597. The Morgan fingerprint density at radius 1 is 1.08 bits per heavy atom. The summed E-state index contributed by atoms with van der Waals surface area (Å²) in [6.45, 7) is 3.22. The van der Waals surface area contributed by atoms with Crippen molar-refractivity contribution in [2.24, 2.45) is 0 Å². The summed E-state index contributed by atoms with van der Waals surface area (Å²) in [5.74, 6) is 0. The van der Waals surface area contributed by atoms with Gasteiger partial charge in [0.1, 0.15) is 0 Å². The molecule has 0 saturated carbocycles. The zero-order valence-electron chi connectivity index (χ0n) is 13.7. The fraction of sp³-hybridized carbons (Fsp3) is 0.588. The van der Waals surface area contributed by atoms with E-state index in [9.17, 15) is 18.0 Å². The van der Waals surface area contributed by atoms with Crippen LogP contribution in [0, 0.1) is 0 Å². The number of rotatable bonds is 3. The summed E-state index contributed by atoms with van der Waals surface area (Å²) >= 11 is 0. The van der Waals surface area contributed by atoms with Gasteiger partial charge in [-0.25, -0.2) is 4.79 Å². The van der Waals surface area contributed by atoms with Crippen LogP contribution < -0.4 is 0 Å². The quantitative estimate of drug-likeness (QED) is 0.845. The van der Waals surface area contributed by atoms with E-state index >= 15 is 0 Å². The van der Waals surface area contributed by atoms with Crippen LogP contribution in [-0.4, -0.2) is 60.0 Å². The Labute approximate surface area is 139 Å². The molecule has 1 aromatic rings. The number of carbonyl (C=O) groups is 1. The van der Waals surface area contributed by atoms with E-state index in [4.69, 9.17) is 0 Å². The summed E-state index contributed by atoms with van der Waals surface area (Å²) in [5, 5.41) is 0. The Hall–Kier alpha value is -1.76. The molecule has 0 spiro atoms. The molecule has 2 amide bonds. The molecule has 2 aliphatic rings. The predicted molar refractivity (Wildman–Crippen MR) is 84.5 cm³/mol. The third-order valence-corrected chi connectivity index (χ3v) is 4.96. The first-order valence-corrected chi connectivity index (χ1v) is 8.25. The van der Waals surface area contributed by atoms with E-state index in [1.807, 2.05) is 9.80 Å². The number of benzene rings is 1. The van der Waals surface area contributed by atoms with Crippen molar-refractivity contribution in [1.29, 1.82) is 0 Å². The first-order chi connectivity index (χ1) is 11.4. The van der Waals surface area contributed by atoms with Gasteiger partial charge in [0.05, 0.1) is 5.56 Å². The SMILES string of the molecule is CN1CCN(C2CCN(Cc3ccccc3C(F)(F)F)CC2)C1=O. The van der Waals surface area contributed by atoms with Gasteiger partial charge in [0.25, 0.3) is 0 Å². The predicted octanol–water partition coefficient (Wildman–Crippen LogP) is 3.04. The second-order valence-electron chi connectivity index (χ2n) is 6.56. The van der Waals surface area contributed by atoms with Crippen LogP contribution in [0.2, 0.25) is 0 Å². The molecule has 0 aliphatic carbocycles. The second kappa shape index (κ2) is 6.63. The Balaban J connectivity index is 1.60. The number of halogens is 3. The van der Waals surface area contributed by atoms with Crippen LogP contribution in [0.4, 0.5) is 18.0 Å². The Morgan fingerprint density at radius 2 is 1.75 bits per heavy atom. The minimum atomic E-state index is -4.32. The minimum absolute atomic E-state index is 0.0656. The van der Waals surface area contributed by atoms with Crippen molar-refractivity contribution in [3.05, 3.63) is 35.4 Å². The fourth-order valence-corrected chi connectivity index (χ4v) is 3.57. The maximum atomic E-state index is 13.1. The van der Waals surface area contributed by atoms with Gasteiger partial charge in [-0.3, -0.25) is 4.90 Å². The largest absolute Gasteiger partial charge is 0.416 e. The summed E-state index contributed by atoms with van der Waals surface area (Å²) in [4.78, 5) is 17.7. The summed E-state index contributed by atoms with van der Waals surface area (Å²) in [7, 11) is 1.80. The average Bonchev–Trinajstić information content (AvgIpc) is 2.87. The van der Waals surface area contributed by atoms with Crippen molar-refractivity contribution in [2.75, 3.05) is 33.2 Å². The number of alkyl halides is 3. The van der Waals surface area contributed by atoms with Crippen LogP contribution in [0.25, 0.3) is 0 Å². The van der Waals surface area contributed by atoms with E-state index < -0.39 is 11.7 Å². The molecular formula is C17H22F3N3O. The molecule has 2 fully saturated rings. The number of carbonyl (C=O) groups excluding carboxylic acids is 1. The molecule has 0 unspecified atom stereocenters. The number of hydrogen-bond donors (Lipinski definition) is 0. The molecule has 0 bridgehead atoms. The molecule has 2 aliphatic heterocycles. The first-order valence-electron chi connectivity index (χ1n) is 8.25. The molecule has 0 aromatic heterocycles. The molecule has 0 N–H and O–H groups in total. The van der Waals surface area contributed by atoms with Gasteiger partial charge in [-0.1, -0.05) is 18.2 Å². The smallest absolute Gasteiger partial charge is 0.326 e. The van der Waals surface area contributed by atoms with E-state index in [0.717, 1.165) is 32.0 Å². The van der Waals surface area contributed by atoms with Crippen molar-refractivity contribution in [1.82, 2.24) is 14.7 Å².